The molecule has 0 amide bonds. The van der Waals surface area contributed by atoms with Crippen molar-refractivity contribution in [3.05, 3.63) is 35.7 Å². The Hall–Kier alpha value is -1.76. The monoisotopic (exact) mass is 316 g/mol. The number of rotatable bonds is 6. The molecule has 2 aromatic rings. The lowest BCUT2D eigenvalue weighted by Crippen LogP contribution is -2.44. The molecule has 3 rings (SSSR count). The summed E-state index contributed by atoms with van der Waals surface area (Å²) >= 11 is 0. The van der Waals surface area contributed by atoms with Crippen LogP contribution < -0.4 is 5.32 Å². The number of nitrogens with one attached hydrogen (secondary N) is 1. The molecule has 0 aliphatic carbocycles. The Labute approximate surface area is 136 Å². The molecule has 23 heavy (non-hydrogen) atoms. The lowest BCUT2D eigenvalue weighted by atomic mass is 10.1. The summed E-state index contributed by atoms with van der Waals surface area (Å²) in [4.78, 5) is 6.90. The van der Waals surface area contributed by atoms with Crippen molar-refractivity contribution in [3.8, 4) is 11.4 Å². The number of aromatic nitrogens is 2. The van der Waals surface area contributed by atoms with E-state index in [0.717, 1.165) is 44.0 Å². The minimum absolute atomic E-state index is 0.363. The van der Waals surface area contributed by atoms with E-state index in [1.54, 1.807) is 0 Å². The highest BCUT2D eigenvalue weighted by atomic mass is 16.5. The molecule has 1 fully saturated rings. The first-order valence-electron chi connectivity index (χ1n) is 8.14. The van der Waals surface area contributed by atoms with Crippen LogP contribution in [0.1, 0.15) is 18.4 Å². The first-order valence-corrected chi connectivity index (χ1v) is 8.14. The zero-order chi connectivity index (χ0) is 16.1. The molecule has 2 heterocycles. The minimum atomic E-state index is 0.363. The van der Waals surface area contributed by atoms with Gasteiger partial charge in [-0.25, -0.2) is 0 Å². The molecule has 0 radical (unpaired) electrons. The number of aryl methyl sites for hydroxylation is 1. The Kier molecular flexibility index (Phi) is 5.38. The topological polar surface area (TPSA) is 63.4 Å². The summed E-state index contributed by atoms with van der Waals surface area (Å²) in [6.07, 6.45) is 0. The smallest absolute Gasteiger partial charge is 0.240 e. The van der Waals surface area contributed by atoms with E-state index in [9.17, 15) is 0 Å². The Morgan fingerprint density at radius 3 is 2.83 bits per heavy atom. The fourth-order valence-electron chi connectivity index (χ4n) is 2.76. The van der Waals surface area contributed by atoms with Crippen molar-refractivity contribution in [1.82, 2.24) is 20.4 Å². The van der Waals surface area contributed by atoms with E-state index >= 15 is 0 Å². The van der Waals surface area contributed by atoms with E-state index in [1.165, 1.54) is 0 Å². The highest BCUT2D eigenvalue weighted by molar-refractivity contribution is 5.58. The van der Waals surface area contributed by atoms with Crippen molar-refractivity contribution in [3.63, 3.8) is 0 Å². The SMILES string of the molecule is Cc1ccccc1-c1noc(CN[C@@H](C)CN2CCOCC2)n1. The van der Waals surface area contributed by atoms with Crippen LogP contribution in [0.25, 0.3) is 11.4 Å². The third kappa shape index (κ3) is 4.37. The number of ether oxygens (including phenoxy) is 1. The Balaban J connectivity index is 1.52. The lowest BCUT2D eigenvalue weighted by molar-refractivity contribution is 0.0342. The van der Waals surface area contributed by atoms with Crippen LogP contribution in [0.15, 0.2) is 28.8 Å². The molecular formula is C17H24N4O2. The summed E-state index contributed by atoms with van der Waals surface area (Å²) in [5.41, 5.74) is 2.16. The highest BCUT2D eigenvalue weighted by Gasteiger charge is 2.15. The summed E-state index contributed by atoms with van der Waals surface area (Å²) in [5, 5.41) is 7.53. The van der Waals surface area contributed by atoms with Crippen LogP contribution in [0.3, 0.4) is 0 Å². The van der Waals surface area contributed by atoms with Gasteiger partial charge in [-0.3, -0.25) is 4.90 Å². The Morgan fingerprint density at radius 1 is 1.26 bits per heavy atom. The second-order valence-corrected chi connectivity index (χ2v) is 6.02. The van der Waals surface area contributed by atoms with E-state index in [4.69, 9.17) is 9.26 Å². The zero-order valence-electron chi connectivity index (χ0n) is 13.8. The third-order valence-corrected chi connectivity index (χ3v) is 4.09. The minimum Gasteiger partial charge on any atom is -0.379 e. The molecule has 0 bridgehead atoms. The first kappa shape index (κ1) is 16.1. The molecule has 1 N–H and O–H groups in total. The van der Waals surface area contributed by atoms with Crippen LogP contribution >= 0.6 is 0 Å². The quantitative estimate of drug-likeness (QED) is 0.877. The van der Waals surface area contributed by atoms with Crippen LogP contribution in [0.4, 0.5) is 0 Å². The van der Waals surface area contributed by atoms with Crippen molar-refractivity contribution >= 4 is 0 Å². The molecule has 6 nitrogen and oxygen atoms in total. The van der Waals surface area contributed by atoms with E-state index in [2.05, 4.69) is 27.3 Å². The van der Waals surface area contributed by atoms with Gasteiger partial charge in [0, 0.05) is 31.2 Å². The molecule has 1 saturated heterocycles. The maximum absolute atomic E-state index is 5.37. The largest absolute Gasteiger partial charge is 0.379 e. The summed E-state index contributed by atoms with van der Waals surface area (Å²) in [7, 11) is 0. The molecule has 1 aromatic heterocycles. The van der Waals surface area contributed by atoms with Gasteiger partial charge in [0.15, 0.2) is 0 Å². The third-order valence-electron chi connectivity index (χ3n) is 4.09. The lowest BCUT2D eigenvalue weighted by Gasteiger charge is -2.29. The number of benzene rings is 1. The standard InChI is InChI=1S/C17H24N4O2/c1-13-5-3-4-6-15(13)17-19-16(23-20-17)11-18-14(2)12-21-7-9-22-10-8-21/h3-6,14,18H,7-12H2,1-2H3/t14-/m0/s1. The van der Waals surface area contributed by atoms with Gasteiger partial charge in [0.05, 0.1) is 19.8 Å². The molecule has 1 aliphatic rings. The van der Waals surface area contributed by atoms with Crippen molar-refractivity contribution in [1.29, 1.82) is 0 Å². The van der Waals surface area contributed by atoms with E-state index in [0.29, 0.717) is 24.3 Å². The highest BCUT2D eigenvalue weighted by Crippen LogP contribution is 2.19. The normalized spacial score (nSPS) is 17.3. The van der Waals surface area contributed by atoms with Crippen LogP contribution in [0.2, 0.25) is 0 Å². The number of hydrogen-bond donors (Lipinski definition) is 1. The van der Waals surface area contributed by atoms with Crippen LogP contribution in [-0.2, 0) is 11.3 Å². The average molecular weight is 316 g/mol. The van der Waals surface area contributed by atoms with Gasteiger partial charge in [0.2, 0.25) is 11.7 Å². The fourth-order valence-corrected chi connectivity index (χ4v) is 2.76. The summed E-state index contributed by atoms with van der Waals surface area (Å²) < 4.78 is 10.7. The average Bonchev–Trinajstić information content (AvgIpc) is 3.03. The second kappa shape index (κ2) is 7.68. The molecule has 124 valence electrons. The molecule has 0 unspecified atom stereocenters. The Bertz CT molecular complexity index is 623. The second-order valence-electron chi connectivity index (χ2n) is 6.02. The summed E-state index contributed by atoms with van der Waals surface area (Å²) in [6, 6.07) is 8.42. The van der Waals surface area contributed by atoms with Gasteiger partial charge >= 0.3 is 0 Å². The van der Waals surface area contributed by atoms with Gasteiger partial charge < -0.3 is 14.6 Å². The van der Waals surface area contributed by atoms with Gasteiger partial charge in [-0.15, -0.1) is 0 Å². The number of morpholine rings is 1. The van der Waals surface area contributed by atoms with E-state index < -0.39 is 0 Å². The maximum Gasteiger partial charge on any atom is 0.240 e. The Morgan fingerprint density at radius 2 is 2.04 bits per heavy atom. The van der Waals surface area contributed by atoms with Crippen LogP contribution in [0, 0.1) is 6.92 Å². The van der Waals surface area contributed by atoms with Gasteiger partial charge in [-0.2, -0.15) is 4.98 Å². The molecule has 0 spiro atoms. The fraction of sp³-hybridized carbons (Fsp3) is 0.529. The first-order chi connectivity index (χ1) is 11.2. The van der Waals surface area contributed by atoms with Gasteiger partial charge in [0.25, 0.3) is 0 Å². The van der Waals surface area contributed by atoms with E-state index in [1.807, 2.05) is 31.2 Å². The molecule has 1 atom stereocenters. The maximum atomic E-state index is 5.37. The van der Waals surface area contributed by atoms with Gasteiger partial charge in [0.1, 0.15) is 0 Å². The summed E-state index contributed by atoms with van der Waals surface area (Å²) in [6.45, 7) is 9.48. The number of hydrogen-bond acceptors (Lipinski definition) is 6. The predicted molar refractivity (Wildman–Crippen MR) is 88.0 cm³/mol. The van der Waals surface area contributed by atoms with Crippen LogP contribution in [0.5, 0.6) is 0 Å². The van der Waals surface area contributed by atoms with E-state index in [-0.39, 0.29) is 0 Å². The molecular weight excluding hydrogens is 292 g/mol. The zero-order valence-corrected chi connectivity index (χ0v) is 13.8. The molecule has 6 heteroatoms. The van der Waals surface area contributed by atoms with Crippen LogP contribution in [-0.4, -0.2) is 53.9 Å². The van der Waals surface area contributed by atoms with Crippen molar-refractivity contribution in [2.24, 2.45) is 0 Å². The predicted octanol–water partition coefficient (Wildman–Crippen LogP) is 1.86. The van der Waals surface area contributed by atoms with Gasteiger partial charge in [-0.05, 0) is 19.4 Å². The van der Waals surface area contributed by atoms with Crippen molar-refractivity contribution < 1.29 is 9.26 Å². The molecule has 0 saturated carbocycles. The molecule has 1 aliphatic heterocycles. The van der Waals surface area contributed by atoms with Crippen molar-refractivity contribution in [2.45, 2.75) is 26.4 Å². The van der Waals surface area contributed by atoms with Gasteiger partial charge in [-0.1, -0.05) is 29.4 Å². The molecule has 1 aromatic carbocycles. The van der Waals surface area contributed by atoms with Crippen molar-refractivity contribution in [2.75, 3.05) is 32.8 Å². The summed E-state index contributed by atoms with van der Waals surface area (Å²) in [5.74, 6) is 1.28. The number of nitrogens with zero attached hydrogens (tertiary/aromatic N) is 3.